The molecule has 6 heteroatoms. The predicted molar refractivity (Wildman–Crippen MR) is 80.8 cm³/mol. The van der Waals surface area contributed by atoms with Crippen molar-refractivity contribution in [2.24, 2.45) is 0 Å². The Kier molecular flexibility index (Phi) is 5.14. The molecule has 1 aromatic heterocycles. The van der Waals surface area contributed by atoms with Gasteiger partial charge in [-0.2, -0.15) is 0 Å². The van der Waals surface area contributed by atoms with E-state index in [1.807, 2.05) is 31.1 Å². The van der Waals surface area contributed by atoms with Crippen molar-refractivity contribution in [1.82, 2.24) is 15.2 Å². The lowest BCUT2D eigenvalue weighted by atomic mass is 10.1. The van der Waals surface area contributed by atoms with E-state index in [9.17, 15) is 9.59 Å². The lowest BCUT2D eigenvalue weighted by Gasteiger charge is -2.26. The van der Waals surface area contributed by atoms with Gasteiger partial charge in [-0.3, -0.25) is 9.59 Å². The summed E-state index contributed by atoms with van der Waals surface area (Å²) in [6.45, 7) is 1.25. The van der Waals surface area contributed by atoms with Gasteiger partial charge in [-0.15, -0.1) is 0 Å². The maximum absolute atomic E-state index is 12.0. The molecule has 1 aliphatic rings. The highest BCUT2D eigenvalue weighted by atomic mass is 16.2. The Morgan fingerprint density at radius 2 is 2.24 bits per heavy atom. The fraction of sp³-hybridized carbons (Fsp3) is 0.533. The zero-order valence-corrected chi connectivity index (χ0v) is 12.6. The van der Waals surface area contributed by atoms with Crippen LogP contribution in [-0.2, 0) is 16.1 Å². The Labute approximate surface area is 125 Å². The van der Waals surface area contributed by atoms with Gasteiger partial charge < -0.3 is 15.1 Å². The normalized spacial score (nSPS) is 15.0. The van der Waals surface area contributed by atoms with Gasteiger partial charge >= 0.3 is 0 Å². The second kappa shape index (κ2) is 7.06. The number of anilines is 1. The lowest BCUT2D eigenvalue weighted by Crippen LogP contribution is -2.42. The van der Waals surface area contributed by atoms with Crippen LogP contribution in [0.1, 0.15) is 24.8 Å². The minimum atomic E-state index is -0.126. The molecule has 1 fully saturated rings. The van der Waals surface area contributed by atoms with Gasteiger partial charge in [-0.1, -0.05) is 6.07 Å². The zero-order valence-electron chi connectivity index (χ0n) is 12.6. The van der Waals surface area contributed by atoms with Crippen molar-refractivity contribution in [2.45, 2.75) is 25.8 Å². The van der Waals surface area contributed by atoms with Gasteiger partial charge in [0.15, 0.2) is 0 Å². The van der Waals surface area contributed by atoms with Crippen LogP contribution in [0.15, 0.2) is 18.3 Å². The largest absolute Gasteiger partial charge is 0.362 e. The molecule has 2 rings (SSSR count). The predicted octanol–water partition coefficient (Wildman–Crippen LogP) is 0.776. The monoisotopic (exact) mass is 290 g/mol. The van der Waals surface area contributed by atoms with Crippen molar-refractivity contribution in [2.75, 3.05) is 32.1 Å². The number of hydrogen-bond donors (Lipinski definition) is 1. The number of nitrogens with one attached hydrogen (secondary N) is 1. The number of piperidine rings is 1. The Balaban J connectivity index is 1.88. The number of amides is 2. The van der Waals surface area contributed by atoms with Gasteiger partial charge in [0.2, 0.25) is 11.8 Å². The van der Waals surface area contributed by atoms with Crippen LogP contribution in [0, 0.1) is 0 Å². The molecule has 1 N–H and O–H groups in total. The highest BCUT2D eigenvalue weighted by molar-refractivity contribution is 5.85. The third kappa shape index (κ3) is 4.18. The fourth-order valence-corrected chi connectivity index (χ4v) is 2.42. The summed E-state index contributed by atoms with van der Waals surface area (Å²) in [6.07, 6.45) is 4.19. The number of carbonyl (C=O) groups excluding carboxylic acids is 2. The highest BCUT2D eigenvalue weighted by Gasteiger charge is 2.20. The molecule has 0 spiro atoms. The Bertz CT molecular complexity index is 516. The van der Waals surface area contributed by atoms with Gasteiger partial charge in [0.1, 0.15) is 5.82 Å². The highest BCUT2D eigenvalue weighted by Crippen LogP contribution is 2.14. The number of rotatable bonds is 5. The van der Waals surface area contributed by atoms with E-state index in [4.69, 9.17) is 0 Å². The molecule has 0 aliphatic carbocycles. The molecule has 0 bridgehead atoms. The second-order valence-electron chi connectivity index (χ2n) is 5.43. The third-order valence-electron chi connectivity index (χ3n) is 3.52. The molecular weight excluding hydrogens is 268 g/mol. The molecule has 6 nitrogen and oxygen atoms in total. The SMILES string of the molecule is CN(C)c1ncccc1CNC(=O)CN1CCCCC1=O. The average Bonchev–Trinajstić information content (AvgIpc) is 2.48. The number of hydrogen-bond acceptors (Lipinski definition) is 4. The summed E-state index contributed by atoms with van der Waals surface area (Å²) in [5, 5.41) is 2.86. The van der Waals surface area contributed by atoms with Crippen LogP contribution in [0.2, 0.25) is 0 Å². The van der Waals surface area contributed by atoms with Crippen molar-refractivity contribution in [3.05, 3.63) is 23.9 Å². The number of pyridine rings is 1. The molecule has 0 unspecified atom stereocenters. The van der Waals surface area contributed by atoms with Gasteiger partial charge in [0.05, 0.1) is 6.54 Å². The van der Waals surface area contributed by atoms with Crippen molar-refractivity contribution in [3.63, 3.8) is 0 Å². The molecule has 1 aromatic rings. The lowest BCUT2D eigenvalue weighted by molar-refractivity contribution is -0.137. The topological polar surface area (TPSA) is 65.5 Å². The molecule has 2 amide bonds. The van der Waals surface area contributed by atoms with Gasteiger partial charge in [0.25, 0.3) is 0 Å². The molecule has 1 saturated heterocycles. The van der Waals surface area contributed by atoms with Crippen LogP contribution in [0.5, 0.6) is 0 Å². The zero-order chi connectivity index (χ0) is 15.2. The summed E-state index contributed by atoms with van der Waals surface area (Å²) in [6, 6.07) is 3.79. The van der Waals surface area contributed by atoms with E-state index in [1.165, 1.54) is 0 Å². The first-order valence-electron chi connectivity index (χ1n) is 7.23. The van der Waals surface area contributed by atoms with Crippen molar-refractivity contribution in [1.29, 1.82) is 0 Å². The minimum absolute atomic E-state index is 0.0757. The van der Waals surface area contributed by atoms with Crippen molar-refractivity contribution in [3.8, 4) is 0 Å². The summed E-state index contributed by atoms with van der Waals surface area (Å²) in [4.78, 5) is 31.5. The summed E-state index contributed by atoms with van der Waals surface area (Å²) in [5.74, 6) is 0.789. The quantitative estimate of drug-likeness (QED) is 0.870. The van der Waals surface area contributed by atoms with Gasteiger partial charge in [-0.25, -0.2) is 4.98 Å². The van der Waals surface area contributed by atoms with Crippen molar-refractivity contribution >= 4 is 17.6 Å². The molecule has 0 aromatic carbocycles. The van der Waals surface area contributed by atoms with Gasteiger partial charge in [-0.05, 0) is 18.9 Å². The number of nitrogens with zero attached hydrogens (tertiary/aromatic N) is 3. The summed E-state index contributed by atoms with van der Waals surface area (Å²) >= 11 is 0. The van der Waals surface area contributed by atoms with Crippen LogP contribution < -0.4 is 10.2 Å². The van der Waals surface area contributed by atoms with E-state index in [1.54, 1.807) is 11.1 Å². The van der Waals surface area contributed by atoms with Gasteiger partial charge in [0, 0.05) is 45.4 Å². The molecule has 1 aliphatic heterocycles. The van der Waals surface area contributed by atoms with E-state index in [0.29, 0.717) is 19.5 Å². The first kappa shape index (κ1) is 15.3. The number of carbonyl (C=O) groups is 2. The second-order valence-corrected chi connectivity index (χ2v) is 5.43. The standard InChI is InChI=1S/C15H22N4O2/c1-18(2)15-12(6-5-8-16-15)10-17-13(20)11-19-9-4-3-7-14(19)21/h5-6,8H,3-4,7,9-11H2,1-2H3,(H,17,20). The van der Waals surface area contributed by atoms with Crippen LogP contribution in [-0.4, -0.2) is 48.9 Å². The molecule has 0 saturated carbocycles. The third-order valence-corrected chi connectivity index (χ3v) is 3.52. The summed E-state index contributed by atoms with van der Waals surface area (Å²) in [7, 11) is 3.83. The van der Waals surface area contributed by atoms with E-state index in [0.717, 1.165) is 24.2 Å². The molecule has 0 radical (unpaired) electrons. The number of aromatic nitrogens is 1. The Hall–Kier alpha value is -2.11. The molecule has 114 valence electrons. The molecular formula is C15H22N4O2. The maximum atomic E-state index is 12.0. The van der Waals surface area contributed by atoms with E-state index < -0.39 is 0 Å². The smallest absolute Gasteiger partial charge is 0.239 e. The summed E-state index contributed by atoms with van der Waals surface area (Å²) in [5.41, 5.74) is 0.959. The van der Waals surface area contributed by atoms with Crippen LogP contribution in [0.3, 0.4) is 0 Å². The number of likely N-dealkylation sites (tertiary alicyclic amines) is 1. The Morgan fingerprint density at radius 3 is 2.95 bits per heavy atom. The molecule has 21 heavy (non-hydrogen) atoms. The minimum Gasteiger partial charge on any atom is -0.362 e. The van der Waals surface area contributed by atoms with E-state index in [2.05, 4.69) is 10.3 Å². The molecule has 0 atom stereocenters. The van der Waals surface area contributed by atoms with Crippen molar-refractivity contribution < 1.29 is 9.59 Å². The van der Waals surface area contributed by atoms with Crippen LogP contribution >= 0.6 is 0 Å². The molecule has 2 heterocycles. The van der Waals surface area contributed by atoms with Crippen LogP contribution in [0.25, 0.3) is 0 Å². The summed E-state index contributed by atoms with van der Waals surface area (Å²) < 4.78 is 0. The van der Waals surface area contributed by atoms with Crippen LogP contribution in [0.4, 0.5) is 5.82 Å². The van der Waals surface area contributed by atoms with E-state index >= 15 is 0 Å². The Morgan fingerprint density at radius 1 is 1.43 bits per heavy atom. The first-order valence-corrected chi connectivity index (χ1v) is 7.23. The maximum Gasteiger partial charge on any atom is 0.239 e. The van der Waals surface area contributed by atoms with E-state index in [-0.39, 0.29) is 18.4 Å². The fourth-order valence-electron chi connectivity index (χ4n) is 2.42. The first-order chi connectivity index (χ1) is 10.1. The average molecular weight is 290 g/mol.